The van der Waals surface area contributed by atoms with Crippen LogP contribution in [0.15, 0.2) is 10.5 Å². The predicted molar refractivity (Wildman–Crippen MR) is 80.2 cm³/mol. The van der Waals surface area contributed by atoms with E-state index in [0.717, 1.165) is 33.7 Å². The van der Waals surface area contributed by atoms with Gasteiger partial charge in [-0.2, -0.15) is 0 Å². The summed E-state index contributed by atoms with van der Waals surface area (Å²) >= 11 is 11.4. The Morgan fingerprint density at radius 2 is 2.35 bits per heavy atom. The van der Waals surface area contributed by atoms with Crippen LogP contribution < -0.4 is 5.32 Å². The van der Waals surface area contributed by atoms with Crippen LogP contribution in [0.4, 0.5) is 0 Å². The van der Waals surface area contributed by atoms with Crippen molar-refractivity contribution in [1.82, 2.24) is 5.32 Å². The Labute approximate surface area is 121 Å². The van der Waals surface area contributed by atoms with Gasteiger partial charge in [-0.05, 0) is 65.7 Å². The summed E-state index contributed by atoms with van der Waals surface area (Å²) in [6.45, 7) is 6.90. The minimum atomic E-state index is 0.687. The molecule has 1 aliphatic heterocycles. The molecule has 0 aliphatic carbocycles. The van der Waals surface area contributed by atoms with Gasteiger partial charge < -0.3 is 5.32 Å². The van der Waals surface area contributed by atoms with E-state index in [-0.39, 0.29) is 0 Å². The van der Waals surface area contributed by atoms with E-state index >= 15 is 0 Å². The van der Waals surface area contributed by atoms with Crippen LogP contribution in [0.25, 0.3) is 0 Å². The molecule has 2 atom stereocenters. The van der Waals surface area contributed by atoms with E-state index in [9.17, 15) is 0 Å². The van der Waals surface area contributed by atoms with E-state index in [1.165, 1.54) is 17.7 Å². The molecule has 1 aromatic rings. The highest BCUT2D eigenvalue weighted by Gasteiger charge is 2.28. The number of hydrogen-bond acceptors (Lipinski definition) is 2. The van der Waals surface area contributed by atoms with E-state index in [4.69, 9.17) is 11.6 Å². The van der Waals surface area contributed by atoms with Gasteiger partial charge in [-0.3, -0.25) is 0 Å². The molecule has 0 bridgehead atoms. The van der Waals surface area contributed by atoms with Crippen LogP contribution in [-0.2, 0) is 0 Å². The highest BCUT2D eigenvalue weighted by atomic mass is 79.9. The smallest absolute Gasteiger partial charge is 0.107 e. The number of halogens is 2. The van der Waals surface area contributed by atoms with Crippen LogP contribution in [0.5, 0.6) is 0 Å². The lowest BCUT2D eigenvalue weighted by Crippen LogP contribution is -2.35. The van der Waals surface area contributed by atoms with Crippen LogP contribution in [0, 0.1) is 11.8 Å². The molecule has 0 radical (unpaired) electrons. The molecule has 17 heavy (non-hydrogen) atoms. The maximum absolute atomic E-state index is 6.16. The zero-order chi connectivity index (χ0) is 12.4. The topological polar surface area (TPSA) is 12.0 Å². The molecule has 2 unspecified atom stereocenters. The van der Waals surface area contributed by atoms with Crippen molar-refractivity contribution >= 4 is 38.9 Å². The summed E-state index contributed by atoms with van der Waals surface area (Å²) in [4.78, 5) is 1.45. The molecule has 1 N–H and O–H groups in total. The summed E-state index contributed by atoms with van der Waals surface area (Å²) in [6, 6.07) is 2.22. The molecule has 96 valence electrons. The summed E-state index contributed by atoms with van der Waals surface area (Å²) in [5.41, 5.74) is 0. The first kappa shape index (κ1) is 13.9. The highest BCUT2D eigenvalue weighted by Crippen LogP contribution is 2.42. The quantitative estimate of drug-likeness (QED) is 0.827. The molecule has 1 fully saturated rings. The fourth-order valence-corrected chi connectivity index (χ4v) is 4.66. The normalized spacial score (nSPS) is 25.5. The summed E-state index contributed by atoms with van der Waals surface area (Å²) < 4.78 is 1.95. The van der Waals surface area contributed by atoms with Gasteiger partial charge in [0.1, 0.15) is 4.34 Å². The zero-order valence-electron chi connectivity index (χ0n) is 10.3. The van der Waals surface area contributed by atoms with E-state index in [2.05, 4.69) is 41.2 Å². The zero-order valence-corrected chi connectivity index (χ0v) is 13.5. The molecule has 2 heterocycles. The van der Waals surface area contributed by atoms with Crippen LogP contribution >= 0.6 is 38.9 Å². The number of hydrogen-bond donors (Lipinski definition) is 1. The Morgan fingerprint density at radius 1 is 1.59 bits per heavy atom. The molecule has 0 saturated carbocycles. The molecule has 2 rings (SSSR count). The van der Waals surface area contributed by atoms with Gasteiger partial charge >= 0.3 is 0 Å². The molecule has 1 aliphatic rings. The van der Waals surface area contributed by atoms with E-state index in [0.29, 0.717) is 5.92 Å². The van der Waals surface area contributed by atoms with Crippen molar-refractivity contribution in [3.8, 4) is 0 Å². The molecular formula is C13H19BrClNS. The Hall–Kier alpha value is 0.430. The Balaban J connectivity index is 2.15. The third-order valence-corrected chi connectivity index (χ3v) is 6.02. The molecule has 0 aromatic carbocycles. The van der Waals surface area contributed by atoms with Crippen LogP contribution in [0.2, 0.25) is 4.34 Å². The Bertz CT molecular complexity index is 358. The van der Waals surface area contributed by atoms with Gasteiger partial charge in [0.2, 0.25) is 0 Å². The molecule has 1 nitrogen and oxygen atoms in total. The lowest BCUT2D eigenvalue weighted by molar-refractivity contribution is 0.283. The molecule has 0 amide bonds. The van der Waals surface area contributed by atoms with E-state index < -0.39 is 0 Å². The average molecular weight is 337 g/mol. The molecule has 1 aromatic heterocycles. The van der Waals surface area contributed by atoms with Crippen LogP contribution in [-0.4, -0.2) is 13.1 Å². The molecule has 0 spiro atoms. The van der Waals surface area contributed by atoms with E-state index in [1.807, 2.05) is 0 Å². The van der Waals surface area contributed by atoms with Gasteiger partial charge in [0.25, 0.3) is 0 Å². The van der Waals surface area contributed by atoms with Crippen LogP contribution in [0.1, 0.15) is 37.5 Å². The second kappa shape index (κ2) is 6.05. The lowest BCUT2D eigenvalue weighted by atomic mass is 9.80. The molecule has 1 saturated heterocycles. The van der Waals surface area contributed by atoms with Gasteiger partial charge in [0.15, 0.2) is 0 Å². The van der Waals surface area contributed by atoms with Gasteiger partial charge in [-0.15, -0.1) is 11.3 Å². The van der Waals surface area contributed by atoms with Crippen molar-refractivity contribution in [3.63, 3.8) is 0 Å². The van der Waals surface area contributed by atoms with Crippen LogP contribution in [0.3, 0.4) is 0 Å². The summed E-state index contributed by atoms with van der Waals surface area (Å²) in [7, 11) is 0. The third kappa shape index (κ3) is 3.46. The fraction of sp³-hybridized carbons (Fsp3) is 0.692. The minimum Gasteiger partial charge on any atom is -0.316 e. The van der Waals surface area contributed by atoms with Crippen molar-refractivity contribution in [2.75, 3.05) is 13.1 Å². The largest absolute Gasteiger partial charge is 0.316 e. The SMILES string of the molecule is CC(C)CC1CNCCC1c1cc(Br)c(Cl)s1. The first-order valence-corrected chi connectivity index (χ1v) is 8.22. The Kier molecular flexibility index (Phi) is 4.93. The van der Waals surface area contributed by atoms with Gasteiger partial charge in [0, 0.05) is 9.35 Å². The van der Waals surface area contributed by atoms with Gasteiger partial charge in [-0.1, -0.05) is 25.4 Å². The monoisotopic (exact) mass is 335 g/mol. The summed E-state index contributed by atoms with van der Waals surface area (Å²) in [5.74, 6) is 2.21. The standard InChI is InChI=1S/C13H19BrClNS/c1-8(2)5-9-7-16-4-3-10(9)12-6-11(14)13(15)17-12/h6,8-10,16H,3-5,7H2,1-2H3. The fourth-order valence-electron chi connectivity index (χ4n) is 2.70. The number of nitrogens with one attached hydrogen (secondary N) is 1. The van der Waals surface area contributed by atoms with Crippen molar-refractivity contribution in [1.29, 1.82) is 0 Å². The first-order chi connectivity index (χ1) is 8.08. The maximum Gasteiger partial charge on any atom is 0.107 e. The average Bonchev–Trinajstić information content (AvgIpc) is 2.59. The second-order valence-electron chi connectivity index (χ2n) is 5.26. The third-order valence-electron chi connectivity index (χ3n) is 3.41. The summed E-state index contributed by atoms with van der Waals surface area (Å²) in [5, 5.41) is 3.52. The van der Waals surface area contributed by atoms with Crippen molar-refractivity contribution in [2.45, 2.75) is 32.6 Å². The Morgan fingerprint density at radius 3 is 2.94 bits per heavy atom. The molecular weight excluding hydrogens is 318 g/mol. The number of thiophene rings is 1. The van der Waals surface area contributed by atoms with Crippen molar-refractivity contribution in [3.05, 3.63) is 19.8 Å². The minimum absolute atomic E-state index is 0.687. The maximum atomic E-state index is 6.16. The van der Waals surface area contributed by atoms with Gasteiger partial charge in [0.05, 0.1) is 0 Å². The van der Waals surface area contributed by atoms with Gasteiger partial charge in [-0.25, -0.2) is 0 Å². The number of piperidine rings is 1. The summed E-state index contributed by atoms with van der Waals surface area (Å²) in [6.07, 6.45) is 2.53. The molecule has 4 heteroatoms. The lowest BCUT2D eigenvalue weighted by Gasteiger charge is -2.32. The van der Waals surface area contributed by atoms with Crippen molar-refractivity contribution in [2.24, 2.45) is 11.8 Å². The second-order valence-corrected chi connectivity index (χ2v) is 7.80. The van der Waals surface area contributed by atoms with Crippen molar-refractivity contribution < 1.29 is 0 Å². The first-order valence-electron chi connectivity index (χ1n) is 6.23. The van der Waals surface area contributed by atoms with E-state index in [1.54, 1.807) is 11.3 Å². The highest BCUT2D eigenvalue weighted by molar-refractivity contribution is 9.10. The predicted octanol–water partition coefficient (Wildman–Crippen LogP) is 4.90. The number of rotatable bonds is 3.